The van der Waals surface area contributed by atoms with Crippen molar-refractivity contribution in [2.45, 2.75) is 51.2 Å². The van der Waals surface area contributed by atoms with Gasteiger partial charge in [-0.05, 0) is 44.2 Å². The summed E-state index contributed by atoms with van der Waals surface area (Å²) in [5, 5.41) is 4.60. The smallest absolute Gasteiger partial charge is 0.269 e. The summed E-state index contributed by atoms with van der Waals surface area (Å²) in [5.74, 6) is 0. The second-order valence-corrected chi connectivity index (χ2v) is 6.93. The molecule has 4 rings (SSSR count). The molecule has 1 atom stereocenters. The molecule has 2 aliphatic rings. The molecule has 7 nitrogen and oxygen atoms in total. The third kappa shape index (κ3) is 3.42. The molecule has 132 valence electrons. The monoisotopic (exact) mass is 341 g/mol. The largest absolute Gasteiger partial charge is 0.311 e. The van der Waals surface area contributed by atoms with E-state index in [9.17, 15) is 9.59 Å². The Bertz CT molecular complexity index is 872. The van der Waals surface area contributed by atoms with E-state index < -0.39 is 0 Å². The Morgan fingerprint density at radius 3 is 2.92 bits per heavy atom. The molecular weight excluding hydrogens is 318 g/mol. The quantitative estimate of drug-likeness (QED) is 0.790. The Morgan fingerprint density at radius 1 is 1.12 bits per heavy atom. The summed E-state index contributed by atoms with van der Waals surface area (Å²) in [5.41, 5.74) is 2.15. The minimum Gasteiger partial charge on any atom is -0.311 e. The average molecular weight is 341 g/mol. The van der Waals surface area contributed by atoms with Crippen LogP contribution in [0, 0.1) is 0 Å². The molecule has 2 aromatic heterocycles. The number of aryl methyl sites for hydroxylation is 2. The zero-order valence-electron chi connectivity index (χ0n) is 14.3. The first-order valence-corrected chi connectivity index (χ1v) is 9.05. The Labute approximate surface area is 145 Å². The Balaban J connectivity index is 1.44. The molecule has 3 heterocycles. The van der Waals surface area contributed by atoms with Gasteiger partial charge < -0.3 is 4.57 Å². The maximum Gasteiger partial charge on any atom is 0.269 e. The lowest BCUT2D eigenvalue weighted by Crippen LogP contribution is -2.39. The molecule has 2 aromatic rings. The van der Waals surface area contributed by atoms with Crippen LogP contribution < -0.4 is 11.1 Å². The van der Waals surface area contributed by atoms with Crippen molar-refractivity contribution >= 4 is 0 Å². The SMILES string of the molecule is O=c1cnccn1CCN1CCCC1Cn1nc2c(cc1=O)CCC2. The number of likely N-dealkylation sites (tertiary alicyclic amines) is 1. The fourth-order valence-electron chi connectivity index (χ4n) is 3.96. The van der Waals surface area contributed by atoms with Gasteiger partial charge in [-0.15, -0.1) is 0 Å². The lowest BCUT2D eigenvalue weighted by atomic mass is 10.2. The van der Waals surface area contributed by atoms with E-state index in [2.05, 4.69) is 15.0 Å². The number of aromatic nitrogens is 4. The summed E-state index contributed by atoms with van der Waals surface area (Å²) in [6.45, 7) is 3.08. The van der Waals surface area contributed by atoms with Crippen LogP contribution in [0.2, 0.25) is 0 Å². The van der Waals surface area contributed by atoms with E-state index in [0.717, 1.165) is 56.5 Å². The summed E-state index contributed by atoms with van der Waals surface area (Å²) in [7, 11) is 0. The first kappa shape index (κ1) is 16.2. The van der Waals surface area contributed by atoms with Gasteiger partial charge in [0.2, 0.25) is 0 Å². The van der Waals surface area contributed by atoms with E-state index in [1.54, 1.807) is 27.7 Å². The van der Waals surface area contributed by atoms with Crippen LogP contribution in [0.1, 0.15) is 30.5 Å². The van der Waals surface area contributed by atoms with Crippen LogP contribution in [-0.4, -0.2) is 43.4 Å². The van der Waals surface area contributed by atoms with Crippen molar-refractivity contribution in [2.24, 2.45) is 0 Å². The van der Waals surface area contributed by atoms with Crippen LogP contribution in [-0.2, 0) is 25.9 Å². The van der Waals surface area contributed by atoms with E-state index in [0.29, 0.717) is 19.1 Å². The lowest BCUT2D eigenvalue weighted by Gasteiger charge is -2.25. The van der Waals surface area contributed by atoms with Gasteiger partial charge in [0.25, 0.3) is 11.1 Å². The van der Waals surface area contributed by atoms with Crippen molar-refractivity contribution in [2.75, 3.05) is 13.1 Å². The molecule has 0 radical (unpaired) electrons. The highest BCUT2D eigenvalue weighted by molar-refractivity contribution is 5.22. The molecule has 0 amide bonds. The van der Waals surface area contributed by atoms with E-state index in [4.69, 9.17) is 0 Å². The topological polar surface area (TPSA) is 73.0 Å². The third-order valence-corrected chi connectivity index (χ3v) is 5.34. The number of hydrogen-bond donors (Lipinski definition) is 0. The second-order valence-electron chi connectivity index (χ2n) is 6.93. The van der Waals surface area contributed by atoms with Gasteiger partial charge in [-0.1, -0.05) is 0 Å². The van der Waals surface area contributed by atoms with Crippen LogP contribution in [0.5, 0.6) is 0 Å². The molecule has 1 unspecified atom stereocenters. The van der Waals surface area contributed by atoms with Crippen LogP contribution >= 0.6 is 0 Å². The summed E-state index contributed by atoms with van der Waals surface area (Å²) >= 11 is 0. The lowest BCUT2D eigenvalue weighted by molar-refractivity contribution is 0.215. The molecule has 0 aromatic carbocycles. The molecule has 1 saturated heterocycles. The predicted octanol–water partition coefficient (Wildman–Crippen LogP) is 0.453. The van der Waals surface area contributed by atoms with Crippen molar-refractivity contribution in [1.82, 2.24) is 24.2 Å². The Kier molecular flexibility index (Phi) is 4.48. The third-order valence-electron chi connectivity index (χ3n) is 5.34. The highest BCUT2D eigenvalue weighted by atomic mass is 16.1. The summed E-state index contributed by atoms with van der Waals surface area (Å²) in [6.07, 6.45) is 9.95. The second kappa shape index (κ2) is 6.92. The van der Waals surface area contributed by atoms with Gasteiger partial charge in [-0.3, -0.25) is 19.5 Å². The fourth-order valence-corrected chi connectivity index (χ4v) is 3.96. The molecule has 0 saturated carbocycles. The summed E-state index contributed by atoms with van der Waals surface area (Å²) in [4.78, 5) is 30.3. The summed E-state index contributed by atoms with van der Waals surface area (Å²) < 4.78 is 3.33. The molecule has 0 spiro atoms. The van der Waals surface area contributed by atoms with Crippen molar-refractivity contribution in [3.05, 3.63) is 56.6 Å². The number of rotatable bonds is 5. The summed E-state index contributed by atoms with van der Waals surface area (Å²) in [6, 6.07) is 2.08. The normalized spacial score (nSPS) is 20.1. The van der Waals surface area contributed by atoms with Crippen LogP contribution in [0.3, 0.4) is 0 Å². The van der Waals surface area contributed by atoms with Crippen molar-refractivity contribution in [3.8, 4) is 0 Å². The number of nitrogens with zero attached hydrogens (tertiary/aromatic N) is 5. The number of hydrogen-bond acceptors (Lipinski definition) is 5. The van der Waals surface area contributed by atoms with Gasteiger partial charge >= 0.3 is 0 Å². The van der Waals surface area contributed by atoms with Gasteiger partial charge in [0.05, 0.1) is 18.4 Å². The first-order valence-electron chi connectivity index (χ1n) is 9.05. The minimum atomic E-state index is -0.0743. The molecule has 1 aliphatic carbocycles. The zero-order chi connectivity index (χ0) is 17.2. The highest BCUT2D eigenvalue weighted by Gasteiger charge is 2.26. The average Bonchev–Trinajstić information content (AvgIpc) is 3.23. The van der Waals surface area contributed by atoms with Gasteiger partial charge in [-0.2, -0.15) is 5.10 Å². The standard InChI is InChI=1S/C18H23N5O2/c24-17-11-14-3-1-5-16(14)20-23(17)13-15-4-2-7-21(15)9-10-22-8-6-19-12-18(22)25/h6,8,11-12,15H,1-5,7,9-10,13H2. The predicted molar refractivity (Wildman–Crippen MR) is 93.6 cm³/mol. The molecular formula is C18H23N5O2. The van der Waals surface area contributed by atoms with Crippen molar-refractivity contribution in [3.63, 3.8) is 0 Å². The number of fused-ring (bicyclic) bond motifs is 1. The minimum absolute atomic E-state index is 0.0119. The van der Waals surface area contributed by atoms with Crippen molar-refractivity contribution < 1.29 is 0 Å². The van der Waals surface area contributed by atoms with Crippen LogP contribution in [0.4, 0.5) is 0 Å². The van der Waals surface area contributed by atoms with Gasteiger partial charge in [0.15, 0.2) is 0 Å². The van der Waals surface area contributed by atoms with Gasteiger partial charge in [0.1, 0.15) is 0 Å². The molecule has 7 heteroatoms. The van der Waals surface area contributed by atoms with E-state index in [1.165, 1.54) is 6.20 Å². The fraction of sp³-hybridized carbons (Fsp3) is 0.556. The van der Waals surface area contributed by atoms with Gasteiger partial charge in [0, 0.05) is 37.6 Å². The van der Waals surface area contributed by atoms with Crippen molar-refractivity contribution in [1.29, 1.82) is 0 Å². The highest BCUT2D eigenvalue weighted by Crippen LogP contribution is 2.20. The Morgan fingerprint density at radius 2 is 2.04 bits per heavy atom. The molecule has 0 bridgehead atoms. The maximum absolute atomic E-state index is 12.3. The molecule has 1 aliphatic heterocycles. The zero-order valence-corrected chi connectivity index (χ0v) is 14.3. The van der Waals surface area contributed by atoms with Crippen LogP contribution in [0.25, 0.3) is 0 Å². The maximum atomic E-state index is 12.3. The van der Waals surface area contributed by atoms with Crippen LogP contribution in [0.15, 0.2) is 34.2 Å². The van der Waals surface area contributed by atoms with E-state index in [-0.39, 0.29) is 11.1 Å². The van der Waals surface area contributed by atoms with E-state index >= 15 is 0 Å². The molecule has 0 N–H and O–H groups in total. The van der Waals surface area contributed by atoms with E-state index in [1.807, 2.05) is 0 Å². The Hall–Kier alpha value is -2.28. The first-order chi connectivity index (χ1) is 12.2. The molecule has 25 heavy (non-hydrogen) atoms. The van der Waals surface area contributed by atoms with Gasteiger partial charge in [-0.25, -0.2) is 4.68 Å². The molecule has 1 fully saturated rings.